The van der Waals surface area contributed by atoms with E-state index in [-0.39, 0.29) is 0 Å². The number of aliphatic imine (C=N–C) groups is 1. The molecule has 0 atom stereocenters. The van der Waals surface area contributed by atoms with Crippen molar-refractivity contribution in [1.29, 1.82) is 0 Å². The Morgan fingerprint density at radius 3 is 2.79 bits per heavy atom. The molecule has 1 heterocycles. The molecular weight excluding hydrogens is 320 g/mol. The van der Waals surface area contributed by atoms with Crippen LogP contribution < -0.4 is 10.1 Å². The normalized spacial score (nSPS) is 11.4. The molecule has 0 bridgehead atoms. The summed E-state index contributed by atoms with van der Waals surface area (Å²) < 4.78 is 5.73. The van der Waals surface area contributed by atoms with Crippen molar-refractivity contribution in [3.8, 4) is 5.75 Å². The maximum absolute atomic E-state index is 5.73. The van der Waals surface area contributed by atoms with Crippen LogP contribution in [0, 0.1) is 6.92 Å². The Bertz CT molecular complexity index is 627. The van der Waals surface area contributed by atoms with Crippen LogP contribution in [0.3, 0.4) is 0 Å². The van der Waals surface area contributed by atoms with Gasteiger partial charge >= 0.3 is 0 Å². The van der Waals surface area contributed by atoms with Gasteiger partial charge in [0, 0.05) is 38.1 Å². The number of thiazole rings is 1. The van der Waals surface area contributed by atoms with Gasteiger partial charge in [0.2, 0.25) is 0 Å². The number of hydrogen-bond acceptors (Lipinski definition) is 4. The zero-order valence-corrected chi connectivity index (χ0v) is 15.5. The van der Waals surface area contributed by atoms with Crippen molar-refractivity contribution in [3.63, 3.8) is 0 Å². The molecule has 0 aliphatic heterocycles. The number of ether oxygens (including phenoxy) is 1. The molecular formula is C18H26N4OS. The van der Waals surface area contributed by atoms with E-state index in [1.165, 1.54) is 5.01 Å². The number of aryl methyl sites for hydroxylation is 2. The van der Waals surface area contributed by atoms with Crippen molar-refractivity contribution in [1.82, 2.24) is 15.2 Å². The van der Waals surface area contributed by atoms with Gasteiger partial charge < -0.3 is 15.0 Å². The Kier molecular flexibility index (Phi) is 7.55. The zero-order chi connectivity index (χ0) is 17.2. The second kappa shape index (κ2) is 9.93. The van der Waals surface area contributed by atoms with Crippen molar-refractivity contribution in [2.75, 3.05) is 33.8 Å². The topological polar surface area (TPSA) is 49.8 Å². The average molecular weight is 347 g/mol. The van der Waals surface area contributed by atoms with E-state index < -0.39 is 0 Å². The molecule has 1 N–H and O–H groups in total. The number of benzene rings is 1. The van der Waals surface area contributed by atoms with Crippen LogP contribution in [0.1, 0.15) is 17.1 Å². The molecule has 0 unspecified atom stereocenters. The lowest BCUT2D eigenvalue weighted by atomic mass is 10.3. The third-order valence-corrected chi connectivity index (χ3v) is 4.56. The highest BCUT2D eigenvalue weighted by molar-refractivity contribution is 7.09. The first-order chi connectivity index (χ1) is 11.7. The number of rotatable bonds is 8. The molecule has 0 saturated heterocycles. The molecule has 0 amide bonds. The monoisotopic (exact) mass is 346 g/mol. The summed E-state index contributed by atoms with van der Waals surface area (Å²) in [5, 5.41) is 6.69. The van der Waals surface area contributed by atoms with Gasteiger partial charge in [-0.2, -0.15) is 0 Å². The molecule has 1 aromatic carbocycles. The summed E-state index contributed by atoms with van der Waals surface area (Å²) >= 11 is 1.73. The van der Waals surface area contributed by atoms with Gasteiger partial charge in [0.05, 0.1) is 11.6 Å². The third-order valence-electron chi connectivity index (χ3n) is 3.53. The fourth-order valence-electron chi connectivity index (χ4n) is 2.27. The van der Waals surface area contributed by atoms with Crippen LogP contribution in [0.4, 0.5) is 0 Å². The van der Waals surface area contributed by atoms with E-state index in [4.69, 9.17) is 4.74 Å². The minimum atomic E-state index is 0.625. The summed E-state index contributed by atoms with van der Waals surface area (Å²) in [5.74, 6) is 1.79. The molecule has 0 aliphatic rings. The SMILES string of the molecule is CN=C(NCCCc1nc(C)cs1)N(C)CCOc1ccccc1. The number of likely N-dealkylation sites (N-methyl/N-ethyl adjacent to an activating group) is 1. The van der Waals surface area contributed by atoms with Gasteiger partial charge in [0.15, 0.2) is 5.96 Å². The smallest absolute Gasteiger partial charge is 0.193 e. The predicted octanol–water partition coefficient (Wildman–Crippen LogP) is 2.97. The Morgan fingerprint density at radius 2 is 2.12 bits per heavy atom. The zero-order valence-electron chi connectivity index (χ0n) is 14.7. The average Bonchev–Trinajstić information content (AvgIpc) is 3.01. The van der Waals surface area contributed by atoms with Crippen molar-refractivity contribution >= 4 is 17.3 Å². The van der Waals surface area contributed by atoms with E-state index in [0.29, 0.717) is 6.61 Å². The second-order valence-electron chi connectivity index (χ2n) is 5.54. The maximum Gasteiger partial charge on any atom is 0.193 e. The van der Waals surface area contributed by atoms with Gasteiger partial charge in [-0.05, 0) is 25.5 Å². The quantitative estimate of drug-likeness (QED) is 0.453. The van der Waals surface area contributed by atoms with Gasteiger partial charge in [-0.25, -0.2) is 4.98 Å². The lowest BCUT2D eigenvalue weighted by molar-refractivity contribution is 0.281. The number of nitrogens with one attached hydrogen (secondary N) is 1. The molecule has 5 nitrogen and oxygen atoms in total. The standard InChI is InChI=1S/C18H26N4OS/c1-15-14-24-17(21-15)10-7-11-20-18(19-2)22(3)12-13-23-16-8-5-4-6-9-16/h4-6,8-9,14H,7,10-13H2,1-3H3,(H,19,20). The van der Waals surface area contributed by atoms with Crippen LogP contribution in [-0.2, 0) is 6.42 Å². The number of hydrogen-bond donors (Lipinski definition) is 1. The molecule has 0 radical (unpaired) electrons. The van der Waals surface area contributed by atoms with Crippen molar-refractivity contribution < 1.29 is 4.74 Å². The van der Waals surface area contributed by atoms with Crippen molar-refractivity contribution in [2.45, 2.75) is 19.8 Å². The van der Waals surface area contributed by atoms with Gasteiger partial charge in [0.1, 0.15) is 12.4 Å². The first-order valence-corrected chi connectivity index (χ1v) is 9.07. The van der Waals surface area contributed by atoms with Crippen molar-refractivity contribution in [3.05, 3.63) is 46.4 Å². The molecule has 0 fully saturated rings. The van der Waals surface area contributed by atoms with E-state index in [1.54, 1.807) is 18.4 Å². The Hall–Kier alpha value is -2.08. The summed E-state index contributed by atoms with van der Waals surface area (Å²) in [6.45, 7) is 4.32. The molecule has 130 valence electrons. The molecule has 2 rings (SSSR count). The largest absolute Gasteiger partial charge is 0.492 e. The molecule has 24 heavy (non-hydrogen) atoms. The second-order valence-corrected chi connectivity index (χ2v) is 6.49. The molecule has 0 saturated carbocycles. The molecule has 1 aromatic heterocycles. The van der Waals surface area contributed by atoms with E-state index in [9.17, 15) is 0 Å². The molecule has 2 aromatic rings. The van der Waals surface area contributed by atoms with Crippen LogP contribution in [0.5, 0.6) is 5.75 Å². The van der Waals surface area contributed by atoms with E-state index in [2.05, 4.69) is 25.6 Å². The number of guanidine groups is 1. The first kappa shape index (κ1) is 18.3. The summed E-state index contributed by atoms with van der Waals surface area (Å²) in [6, 6.07) is 9.87. The highest BCUT2D eigenvalue weighted by Gasteiger charge is 2.06. The fourth-order valence-corrected chi connectivity index (χ4v) is 3.08. The van der Waals surface area contributed by atoms with Crippen LogP contribution in [-0.4, -0.2) is 49.6 Å². The van der Waals surface area contributed by atoms with E-state index in [1.807, 2.05) is 44.3 Å². The van der Waals surface area contributed by atoms with Crippen molar-refractivity contribution in [2.24, 2.45) is 4.99 Å². The van der Waals surface area contributed by atoms with Crippen LogP contribution in [0.25, 0.3) is 0 Å². The minimum absolute atomic E-state index is 0.625. The number of nitrogens with zero attached hydrogens (tertiary/aromatic N) is 3. The Morgan fingerprint density at radius 1 is 1.33 bits per heavy atom. The third kappa shape index (κ3) is 6.20. The highest BCUT2D eigenvalue weighted by atomic mass is 32.1. The fraction of sp³-hybridized carbons (Fsp3) is 0.444. The Balaban J connectivity index is 1.64. The summed E-state index contributed by atoms with van der Waals surface area (Å²) in [5.41, 5.74) is 1.11. The van der Waals surface area contributed by atoms with E-state index >= 15 is 0 Å². The number of aromatic nitrogens is 1. The summed E-state index contributed by atoms with van der Waals surface area (Å²) in [6.07, 6.45) is 2.05. The maximum atomic E-state index is 5.73. The highest BCUT2D eigenvalue weighted by Crippen LogP contribution is 2.10. The number of para-hydroxylation sites is 1. The summed E-state index contributed by atoms with van der Waals surface area (Å²) in [7, 11) is 3.83. The molecule has 6 heteroatoms. The van der Waals surface area contributed by atoms with E-state index in [0.717, 1.165) is 43.3 Å². The Labute approximate surface area is 148 Å². The van der Waals surface area contributed by atoms with Crippen LogP contribution >= 0.6 is 11.3 Å². The minimum Gasteiger partial charge on any atom is -0.492 e. The summed E-state index contributed by atoms with van der Waals surface area (Å²) in [4.78, 5) is 10.9. The predicted molar refractivity (Wildman–Crippen MR) is 101 cm³/mol. The lowest BCUT2D eigenvalue weighted by Crippen LogP contribution is -2.41. The molecule has 0 spiro atoms. The van der Waals surface area contributed by atoms with Crippen LogP contribution in [0.2, 0.25) is 0 Å². The first-order valence-electron chi connectivity index (χ1n) is 8.19. The van der Waals surface area contributed by atoms with Crippen LogP contribution in [0.15, 0.2) is 40.7 Å². The molecule has 0 aliphatic carbocycles. The van der Waals surface area contributed by atoms with Gasteiger partial charge in [-0.3, -0.25) is 4.99 Å². The lowest BCUT2D eigenvalue weighted by Gasteiger charge is -2.22. The van der Waals surface area contributed by atoms with Gasteiger partial charge in [0.25, 0.3) is 0 Å². The van der Waals surface area contributed by atoms with Gasteiger partial charge in [-0.1, -0.05) is 18.2 Å². The van der Waals surface area contributed by atoms with Gasteiger partial charge in [-0.15, -0.1) is 11.3 Å².